The largest absolute Gasteiger partial charge is 0.355 e. The molecule has 1 saturated carbocycles. The maximum absolute atomic E-state index is 4.88. The van der Waals surface area contributed by atoms with Crippen molar-refractivity contribution in [1.82, 2.24) is 9.55 Å². The highest BCUT2D eigenvalue weighted by Crippen LogP contribution is 2.47. The van der Waals surface area contributed by atoms with Crippen LogP contribution in [0.2, 0.25) is 0 Å². The van der Waals surface area contributed by atoms with Crippen molar-refractivity contribution in [3.63, 3.8) is 0 Å². The predicted octanol–water partition coefficient (Wildman–Crippen LogP) is 8.58. The van der Waals surface area contributed by atoms with Crippen LogP contribution in [-0.4, -0.2) is 23.3 Å². The third kappa shape index (κ3) is 3.42. The predicted molar refractivity (Wildman–Crippen MR) is 166 cm³/mol. The summed E-state index contributed by atoms with van der Waals surface area (Å²) in [5, 5.41) is 2.59. The summed E-state index contributed by atoms with van der Waals surface area (Å²) in [5.74, 6) is 0. The molecule has 4 aromatic carbocycles. The molecule has 0 saturated heterocycles. The van der Waals surface area contributed by atoms with Gasteiger partial charge in [-0.05, 0) is 73.0 Å². The van der Waals surface area contributed by atoms with Crippen LogP contribution >= 0.6 is 0 Å². The van der Waals surface area contributed by atoms with E-state index in [1.54, 1.807) is 0 Å². The van der Waals surface area contributed by atoms with E-state index in [0.29, 0.717) is 0 Å². The number of aromatic nitrogens is 2. The number of hydrogen-bond donors (Lipinski definition) is 0. The molecule has 1 fully saturated rings. The monoisotopic (exact) mass is 520 g/mol. The molecule has 2 aliphatic rings. The van der Waals surface area contributed by atoms with Crippen molar-refractivity contribution in [2.75, 3.05) is 23.5 Å². The van der Waals surface area contributed by atoms with Crippen LogP contribution in [0.15, 0.2) is 115 Å². The Morgan fingerprint density at radius 2 is 1.40 bits per heavy atom. The van der Waals surface area contributed by atoms with Crippen LogP contribution in [0.25, 0.3) is 27.5 Å². The first-order valence-electron chi connectivity index (χ1n) is 14.4. The van der Waals surface area contributed by atoms with Gasteiger partial charge in [-0.1, -0.05) is 67.4 Å². The fourth-order valence-corrected chi connectivity index (χ4v) is 7.26. The molecule has 1 aliphatic heterocycles. The second-order valence-electron chi connectivity index (χ2n) is 11.4. The summed E-state index contributed by atoms with van der Waals surface area (Å²) in [4.78, 5) is 9.60. The smallest absolute Gasteiger partial charge is 0.0950 e. The molecule has 4 nitrogen and oxygen atoms in total. The molecule has 0 radical (unpaired) electrons. The molecule has 2 aromatic heterocycles. The summed E-state index contributed by atoms with van der Waals surface area (Å²) in [6, 6.07) is 40.1. The van der Waals surface area contributed by atoms with E-state index >= 15 is 0 Å². The van der Waals surface area contributed by atoms with Gasteiger partial charge < -0.3 is 14.4 Å². The Morgan fingerprint density at radius 3 is 2.25 bits per heavy atom. The number of anilines is 3. The Kier molecular flexibility index (Phi) is 5.24. The lowest BCUT2D eigenvalue weighted by Crippen LogP contribution is -2.25. The van der Waals surface area contributed by atoms with Crippen molar-refractivity contribution in [1.29, 1.82) is 0 Å². The summed E-state index contributed by atoms with van der Waals surface area (Å²) in [6.07, 6.45) is 6.72. The van der Waals surface area contributed by atoms with Gasteiger partial charge in [-0.15, -0.1) is 0 Å². The van der Waals surface area contributed by atoms with Crippen LogP contribution in [0.5, 0.6) is 0 Å². The lowest BCUT2D eigenvalue weighted by molar-refractivity contribution is 0.519. The fraction of sp³-hybridized carbons (Fsp3) is 0.194. The molecule has 196 valence electrons. The molecule has 6 aromatic rings. The molecule has 0 unspecified atom stereocenters. The molecular formula is C36H32N4. The third-order valence-electron chi connectivity index (χ3n) is 9.18. The van der Waals surface area contributed by atoms with Gasteiger partial charge in [0.2, 0.25) is 0 Å². The van der Waals surface area contributed by atoms with E-state index in [4.69, 9.17) is 4.98 Å². The molecular weight excluding hydrogens is 488 g/mol. The Labute approximate surface area is 235 Å². The Hall–Kier alpha value is -4.57. The number of pyridine rings is 1. The second kappa shape index (κ2) is 8.99. The first-order chi connectivity index (χ1) is 19.7. The third-order valence-corrected chi connectivity index (χ3v) is 9.18. The molecule has 0 bridgehead atoms. The maximum Gasteiger partial charge on any atom is 0.0950 e. The lowest BCUT2D eigenvalue weighted by atomic mass is 9.75. The van der Waals surface area contributed by atoms with E-state index in [2.05, 4.69) is 125 Å². The quantitative estimate of drug-likeness (QED) is 0.233. The van der Waals surface area contributed by atoms with E-state index < -0.39 is 0 Å². The van der Waals surface area contributed by atoms with Crippen LogP contribution in [0, 0.1) is 0 Å². The van der Waals surface area contributed by atoms with Gasteiger partial charge in [-0.2, -0.15) is 0 Å². The highest BCUT2D eigenvalue weighted by molar-refractivity contribution is 6.09. The van der Waals surface area contributed by atoms with Gasteiger partial charge in [0.15, 0.2) is 0 Å². The van der Waals surface area contributed by atoms with Gasteiger partial charge in [0.1, 0.15) is 0 Å². The van der Waals surface area contributed by atoms with Crippen molar-refractivity contribution >= 4 is 38.9 Å². The zero-order valence-electron chi connectivity index (χ0n) is 22.8. The van der Waals surface area contributed by atoms with Crippen LogP contribution in [0.1, 0.15) is 36.9 Å². The summed E-state index contributed by atoms with van der Waals surface area (Å²) in [7, 11) is 2.16. The minimum absolute atomic E-state index is 0.0254. The van der Waals surface area contributed by atoms with E-state index in [1.165, 1.54) is 68.7 Å². The zero-order chi connectivity index (χ0) is 26.7. The van der Waals surface area contributed by atoms with Crippen molar-refractivity contribution in [3.8, 4) is 5.69 Å². The zero-order valence-corrected chi connectivity index (χ0v) is 22.8. The molecule has 1 aliphatic carbocycles. The Bertz CT molecular complexity index is 1860. The van der Waals surface area contributed by atoms with Gasteiger partial charge in [0.05, 0.1) is 34.8 Å². The molecule has 0 N–H and O–H groups in total. The summed E-state index contributed by atoms with van der Waals surface area (Å²) >= 11 is 0. The summed E-state index contributed by atoms with van der Waals surface area (Å²) < 4.78 is 2.46. The van der Waals surface area contributed by atoms with Crippen molar-refractivity contribution in [2.45, 2.75) is 31.1 Å². The Morgan fingerprint density at radius 1 is 0.650 bits per heavy atom. The summed E-state index contributed by atoms with van der Waals surface area (Å²) in [5.41, 5.74) is 9.97. The van der Waals surface area contributed by atoms with E-state index in [0.717, 1.165) is 19.5 Å². The van der Waals surface area contributed by atoms with Gasteiger partial charge >= 0.3 is 0 Å². The molecule has 8 rings (SSSR count). The standard InChI is InChI=1S/C36H32N4/c1-38-25-39(33-16-5-4-15-32(33)38)27-11-10-12-28(24-27)40-31-14-3-2-13-29(31)30-19-18-26(23-34(30)40)36(20-7-8-21-36)35-17-6-9-22-37-35/h2-6,9-19,22-24H,7-8,20-21,25H2,1H3. The van der Waals surface area contributed by atoms with Crippen LogP contribution in [0.4, 0.5) is 17.1 Å². The average molecular weight is 521 g/mol. The number of rotatable bonds is 4. The molecule has 0 amide bonds. The Balaban J connectivity index is 1.33. The number of fused-ring (bicyclic) bond motifs is 4. The topological polar surface area (TPSA) is 24.3 Å². The first-order valence-corrected chi connectivity index (χ1v) is 14.4. The van der Waals surface area contributed by atoms with E-state index in [9.17, 15) is 0 Å². The molecule has 3 heterocycles. The van der Waals surface area contributed by atoms with Gasteiger partial charge in [0.25, 0.3) is 0 Å². The van der Waals surface area contributed by atoms with Gasteiger partial charge in [-0.25, -0.2) is 0 Å². The number of hydrogen-bond acceptors (Lipinski definition) is 3. The van der Waals surface area contributed by atoms with Crippen LogP contribution in [0.3, 0.4) is 0 Å². The lowest BCUT2D eigenvalue weighted by Gasteiger charge is -2.29. The summed E-state index contributed by atoms with van der Waals surface area (Å²) in [6.45, 7) is 0.840. The van der Waals surface area contributed by atoms with Gasteiger partial charge in [-0.3, -0.25) is 4.98 Å². The van der Waals surface area contributed by atoms with Crippen molar-refractivity contribution < 1.29 is 0 Å². The first kappa shape index (κ1) is 23.3. The van der Waals surface area contributed by atoms with Crippen molar-refractivity contribution in [3.05, 3.63) is 127 Å². The molecule has 0 atom stereocenters. The van der Waals surface area contributed by atoms with E-state index in [-0.39, 0.29) is 5.41 Å². The molecule has 40 heavy (non-hydrogen) atoms. The fourth-order valence-electron chi connectivity index (χ4n) is 7.26. The van der Waals surface area contributed by atoms with Gasteiger partial charge in [0, 0.05) is 40.8 Å². The minimum Gasteiger partial charge on any atom is -0.355 e. The van der Waals surface area contributed by atoms with Crippen molar-refractivity contribution in [2.24, 2.45) is 0 Å². The molecule has 0 spiro atoms. The highest BCUT2D eigenvalue weighted by atomic mass is 15.4. The second-order valence-corrected chi connectivity index (χ2v) is 11.4. The number of para-hydroxylation sites is 3. The van der Waals surface area contributed by atoms with Crippen LogP contribution in [-0.2, 0) is 5.41 Å². The van der Waals surface area contributed by atoms with E-state index in [1.807, 2.05) is 12.3 Å². The highest BCUT2D eigenvalue weighted by Gasteiger charge is 2.39. The average Bonchev–Trinajstić information content (AvgIpc) is 3.73. The maximum atomic E-state index is 4.88. The molecule has 4 heteroatoms. The number of nitrogens with zero attached hydrogens (tertiary/aromatic N) is 4. The number of benzene rings is 4. The van der Waals surface area contributed by atoms with Crippen LogP contribution < -0.4 is 9.80 Å². The minimum atomic E-state index is -0.0254. The normalized spacial score (nSPS) is 16.2. The SMILES string of the molecule is CN1CN(c2cccc(-n3c4ccccc4c4ccc(C5(c6ccccn6)CCCC5)cc43)c2)c2ccccc21.